The molecule has 2 aromatic heterocycles. The molecule has 0 spiro atoms. The molecule has 40 heavy (non-hydrogen) atoms. The standard InChI is InChI=1S/C28H28F3N7O2/c29-28(30,31)20-4-1-18(2-5-20)15-38-16-32-24-25(33-21-6-7-21)34-27(35-26(24)38)37-11-9-36(10-12-37)14-19-3-8-22-23(13-19)40-17-39-22/h1-5,8,13,16,21H,6-7,9-12,14-15,17H2,(H,33,34,35). The number of hydrogen-bond acceptors (Lipinski definition) is 8. The average Bonchev–Trinajstić information content (AvgIpc) is 3.48. The maximum atomic E-state index is 13.0. The average molecular weight is 552 g/mol. The van der Waals surface area contributed by atoms with Gasteiger partial charge in [0.05, 0.1) is 18.4 Å². The Hall–Kier alpha value is -4.06. The molecule has 0 bridgehead atoms. The van der Waals surface area contributed by atoms with Crippen LogP contribution < -0.4 is 19.7 Å². The van der Waals surface area contributed by atoms with Crippen molar-refractivity contribution in [2.75, 3.05) is 43.2 Å². The van der Waals surface area contributed by atoms with Gasteiger partial charge in [0.25, 0.3) is 0 Å². The third-order valence-corrected chi connectivity index (χ3v) is 7.50. The summed E-state index contributed by atoms with van der Waals surface area (Å²) in [5.41, 5.74) is 2.59. The van der Waals surface area contributed by atoms with Crippen LogP contribution in [-0.4, -0.2) is 63.4 Å². The van der Waals surface area contributed by atoms with Gasteiger partial charge in [0.1, 0.15) is 0 Å². The number of rotatable bonds is 7. The predicted octanol–water partition coefficient (Wildman–Crippen LogP) is 4.52. The highest BCUT2D eigenvalue weighted by Gasteiger charge is 2.30. The number of piperazine rings is 1. The molecule has 4 aromatic rings. The lowest BCUT2D eigenvalue weighted by molar-refractivity contribution is -0.137. The van der Waals surface area contributed by atoms with E-state index >= 15 is 0 Å². The van der Waals surface area contributed by atoms with E-state index in [4.69, 9.17) is 19.4 Å². The Labute approximate surface area is 228 Å². The highest BCUT2D eigenvalue weighted by Crippen LogP contribution is 2.34. The van der Waals surface area contributed by atoms with Crippen molar-refractivity contribution in [3.63, 3.8) is 0 Å². The van der Waals surface area contributed by atoms with Gasteiger partial charge in [0, 0.05) is 38.8 Å². The first-order valence-corrected chi connectivity index (χ1v) is 13.4. The largest absolute Gasteiger partial charge is 0.454 e. The third kappa shape index (κ3) is 5.10. The fraction of sp³-hybridized carbons (Fsp3) is 0.393. The molecule has 1 saturated carbocycles. The number of fused-ring (bicyclic) bond motifs is 2. The fourth-order valence-electron chi connectivity index (χ4n) is 5.11. The van der Waals surface area contributed by atoms with E-state index in [0.29, 0.717) is 35.5 Å². The summed E-state index contributed by atoms with van der Waals surface area (Å²) >= 11 is 0. The second-order valence-electron chi connectivity index (χ2n) is 10.5. The Morgan fingerprint density at radius 2 is 1.62 bits per heavy atom. The van der Waals surface area contributed by atoms with E-state index in [0.717, 1.165) is 74.8 Å². The number of nitrogens with one attached hydrogen (secondary N) is 1. The monoisotopic (exact) mass is 551 g/mol. The van der Waals surface area contributed by atoms with Crippen LogP contribution in [0.4, 0.5) is 24.9 Å². The second-order valence-corrected chi connectivity index (χ2v) is 10.5. The van der Waals surface area contributed by atoms with Crippen molar-refractivity contribution in [1.82, 2.24) is 24.4 Å². The van der Waals surface area contributed by atoms with Crippen molar-refractivity contribution < 1.29 is 22.6 Å². The zero-order valence-corrected chi connectivity index (χ0v) is 21.7. The minimum Gasteiger partial charge on any atom is -0.454 e. The molecule has 4 heterocycles. The lowest BCUT2D eigenvalue weighted by Gasteiger charge is -2.34. The predicted molar refractivity (Wildman–Crippen MR) is 143 cm³/mol. The number of hydrogen-bond donors (Lipinski definition) is 1. The Morgan fingerprint density at radius 3 is 2.38 bits per heavy atom. The van der Waals surface area contributed by atoms with E-state index in [1.165, 1.54) is 17.7 Å². The molecule has 12 heteroatoms. The van der Waals surface area contributed by atoms with E-state index in [2.05, 4.69) is 26.2 Å². The van der Waals surface area contributed by atoms with Crippen molar-refractivity contribution in [1.29, 1.82) is 0 Å². The molecule has 208 valence electrons. The molecular formula is C28H28F3N7O2. The molecule has 2 fully saturated rings. The van der Waals surface area contributed by atoms with Crippen LogP contribution >= 0.6 is 0 Å². The number of imidazole rings is 1. The summed E-state index contributed by atoms with van der Waals surface area (Å²) in [6, 6.07) is 11.7. The van der Waals surface area contributed by atoms with Crippen LogP contribution in [0.3, 0.4) is 0 Å². The van der Waals surface area contributed by atoms with Crippen molar-refractivity contribution in [2.24, 2.45) is 0 Å². The van der Waals surface area contributed by atoms with E-state index in [1.54, 1.807) is 6.33 Å². The van der Waals surface area contributed by atoms with Crippen LogP contribution in [0.2, 0.25) is 0 Å². The zero-order valence-electron chi connectivity index (χ0n) is 21.7. The molecule has 1 N–H and O–H groups in total. The van der Waals surface area contributed by atoms with Gasteiger partial charge in [-0.15, -0.1) is 0 Å². The first-order chi connectivity index (χ1) is 19.4. The van der Waals surface area contributed by atoms with Crippen molar-refractivity contribution in [2.45, 2.75) is 38.1 Å². The van der Waals surface area contributed by atoms with Gasteiger partial charge in [-0.05, 0) is 48.2 Å². The summed E-state index contributed by atoms with van der Waals surface area (Å²) in [5, 5.41) is 3.49. The Bertz CT molecular complexity index is 1530. The van der Waals surface area contributed by atoms with Crippen LogP contribution in [0.1, 0.15) is 29.5 Å². The molecule has 0 unspecified atom stereocenters. The summed E-state index contributed by atoms with van der Waals surface area (Å²) in [4.78, 5) is 18.9. The van der Waals surface area contributed by atoms with Crippen LogP contribution in [0.15, 0.2) is 48.8 Å². The van der Waals surface area contributed by atoms with Crippen LogP contribution in [-0.2, 0) is 19.3 Å². The minimum absolute atomic E-state index is 0.267. The molecule has 2 aromatic carbocycles. The highest BCUT2D eigenvalue weighted by molar-refractivity contribution is 5.84. The van der Waals surface area contributed by atoms with Gasteiger partial charge in [0.15, 0.2) is 28.5 Å². The van der Waals surface area contributed by atoms with E-state index in [1.807, 2.05) is 16.7 Å². The SMILES string of the molecule is FC(F)(F)c1ccc(Cn2cnc3c(NC4CC4)nc(N4CCN(Cc5ccc6c(c5)OCO6)CC4)nc32)cc1. The number of halogens is 3. The van der Waals surface area contributed by atoms with Gasteiger partial charge < -0.3 is 24.3 Å². The number of nitrogens with zero attached hydrogens (tertiary/aromatic N) is 6. The lowest BCUT2D eigenvalue weighted by atomic mass is 10.1. The second kappa shape index (κ2) is 9.84. The smallest absolute Gasteiger partial charge is 0.416 e. The summed E-state index contributed by atoms with van der Waals surface area (Å²) in [5.74, 6) is 2.92. The molecular weight excluding hydrogens is 523 g/mol. The normalized spacial score (nSPS) is 17.5. The van der Waals surface area contributed by atoms with Crippen molar-refractivity contribution in [3.8, 4) is 11.5 Å². The van der Waals surface area contributed by atoms with Crippen LogP contribution in [0.5, 0.6) is 11.5 Å². The van der Waals surface area contributed by atoms with E-state index in [9.17, 15) is 13.2 Å². The van der Waals surface area contributed by atoms with Crippen LogP contribution in [0.25, 0.3) is 11.2 Å². The molecule has 1 saturated heterocycles. The molecule has 9 nitrogen and oxygen atoms in total. The number of alkyl halides is 3. The maximum absolute atomic E-state index is 13.0. The highest BCUT2D eigenvalue weighted by atomic mass is 19.4. The number of benzene rings is 2. The zero-order chi connectivity index (χ0) is 27.3. The van der Waals surface area contributed by atoms with Crippen molar-refractivity contribution in [3.05, 3.63) is 65.5 Å². The maximum Gasteiger partial charge on any atom is 0.416 e. The first-order valence-electron chi connectivity index (χ1n) is 13.4. The minimum atomic E-state index is -4.36. The molecule has 2 aliphatic heterocycles. The molecule has 3 aliphatic rings. The van der Waals surface area contributed by atoms with Gasteiger partial charge >= 0.3 is 6.18 Å². The Kier molecular flexibility index (Phi) is 6.14. The molecule has 7 rings (SSSR count). The first kappa shape index (κ1) is 24.9. The van der Waals surface area contributed by atoms with Gasteiger partial charge in [-0.1, -0.05) is 18.2 Å². The molecule has 0 atom stereocenters. The third-order valence-electron chi connectivity index (χ3n) is 7.50. The van der Waals surface area contributed by atoms with E-state index < -0.39 is 11.7 Å². The molecule has 0 radical (unpaired) electrons. The van der Waals surface area contributed by atoms with Crippen molar-refractivity contribution >= 4 is 22.9 Å². The molecule has 0 amide bonds. The number of anilines is 2. The topological polar surface area (TPSA) is 80.6 Å². The lowest BCUT2D eigenvalue weighted by Crippen LogP contribution is -2.46. The molecule has 1 aliphatic carbocycles. The van der Waals surface area contributed by atoms with Crippen LogP contribution in [0, 0.1) is 0 Å². The van der Waals surface area contributed by atoms with Gasteiger partial charge in [-0.2, -0.15) is 23.1 Å². The van der Waals surface area contributed by atoms with Gasteiger partial charge in [0.2, 0.25) is 12.7 Å². The summed E-state index contributed by atoms with van der Waals surface area (Å²) in [6.07, 6.45) is -0.500. The Balaban J connectivity index is 1.09. The fourth-order valence-corrected chi connectivity index (χ4v) is 5.11. The van der Waals surface area contributed by atoms with Gasteiger partial charge in [-0.25, -0.2) is 4.98 Å². The number of ether oxygens (including phenoxy) is 2. The van der Waals surface area contributed by atoms with E-state index in [-0.39, 0.29) is 6.79 Å². The van der Waals surface area contributed by atoms with Gasteiger partial charge in [-0.3, -0.25) is 4.90 Å². The quantitative estimate of drug-likeness (QED) is 0.359. The Morgan fingerprint density at radius 1 is 0.875 bits per heavy atom. The summed E-state index contributed by atoms with van der Waals surface area (Å²) < 4.78 is 51.8. The number of aromatic nitrogens is 4. The summed E-state index contributed by atoms with van der Waals surface area (Å²) in [7, 11) is 0. The summed E-state index contributed by atoms with van der Waals surface area (Å²) in [6.45, 7) is 4.69.